The molecule has 9 atom stereocenters. The Morgan fingerprint density at radius 3 is 1.68 bits per heavy atom. The van der Waals surface area contributed by atoms with Gasteiger partial charge in [0, 0.05) is 0 Å². The van der Waals surface area contributed by atoms with Gasteiger partial charge in [-0.1, -0.05) is 119 Å². The summed E-state index contributed by atoms with van der Waals surface area (Å²) in [6.07, 6.45) is 16.9. The Hall–Kier alpha value is -1.48. The standard InChI is InChI=1S/C39H48P2/c1-27(40(38-25-28-19-21-30(38)23-28)39-26-29-20-22-31(39)24-29)34-16-10-17-35(34)36-15-8-9-18-37(36)41(32-11-4-2-5-12-32)33-13-6-3-7-14-33/h2-9,11-15,18,27-31,34-35,38-39H,10,16-17,19-26H2,1H3/t27-,28?,29?,30?,31?,34?,35?,38?,39?,40?/m1/s1. The van der Waals surface area contributed by atoms with Crippen LogP contribution in [0.4, 0.5) is 0 Å². The number of benzene rings is 3. The van der Waals surface area contributed by atoms with E-state index >= 15 is 0 Å². The highest BCUT2D eigenvalue weighted by Crippen LogP contribution is 2.71. The van der Waals surface area contributed by atoms with Crippen LogP contribution in [0.1, 0.15) is 89.0 Å². The fraction of sp³-hybridized carbons (Fsp3) is 0.538. The van der Waals surface area contributed by atoms with Gasteiger partial charge in [0.05, 0.1) is 0 Å². The number of rotatable bonds is 8. The minimum absolute atomic E-state index is 0.111. The largest absolute Gasteiger partial charge is 0.0965 e. The van der Waals surface area contributed by atoms with Gasteiger partial charge in [-0.25, -0.2) is 0 Å². The van der Waals surface area contributed by atoms with Crippen LogP contribution in [0.2, 0.25) is 0 Å². The summed E-state index contributed by atoms with van der Waals surface area (Å²) in [5.41, 5.74) is 4.84. The summed E-state index contributed by atoms with van der Waals surface area (Å²) in [6.45, 7) is 2.80. The second-order valence-corrected chi connectivity index (χ2v) is 19.7. The molecule has 3 aromatic rings. The smallest absolute Gasteiger partial charge is 0.0116 e. The first-order valence-electron chi connectivity index (χ1n) is 17.0. The monoisotopic (exact) mass is 578 g/mol. The van der Waals surface area contributed by atoms with Crippen molar-refractivity contribution in [2.75, 3.05) is 0 Å². The summed E-state index contributed by atoms with van der Waals surface area (Å²) < 4.78 is 0. The van der Waals surface area contributed by atoms with Crippen LogP contribution in [-0.2, 0) is 0 Å². The lowest BCUT2D eigenvalue weighted by Gasteiger charge is -2.45. The van der Waals surface area contributed by atoms with E-state index in [2.05, 4.69) is 91.9 Å². The zero-order valence-corrected chi connectivity index (χ0v) is 26.7. The predicted octanol–water partition coefficient (Wildman–Crippen LogP) is 9.58. The van der Waals surface area contributed by atoms with Gasteiger partial charge in [0.15, 0.2) is 0 Å². The normalized spacial score (nSPS) is 35.4. The number of hydrogen-bond acceptors (Lipinski definition) is 0. The Morgan fingerprint density at radius 1 is 0.585 bits per heavy atom. The molecule has 0 aromatic heterocycles. The average molecular weight is 579 g/mol. The molecule has 0 N–H and O–H groups in total. The summed E-state index contributed by atoms with van der Waals surface area (Å²) in [5, 5.41) is 4.62. The van der Waals surface area contributed by atoms with Crippen LogP contribution in [0.25, 0.3) is 0 Å². The van der Waals surface area contributed by atoms with Crippen molar-refractivity contribution in [1.82, 2.24) is 0 Å². The Morgan fingerprint density at radius 2 is 1.15 bits per heavy atom. The summed E-state index contributed by atoms with van der Waals surface area (Å²) in [7, 11) is -0.446. The van der Waals surface area contributed by atoms with E-state index in [1.165, 1.54) is 29.9 Å². The molecule has 0 saturated heterocycles. The third kappa shape index (κ3) is 4.98. The lowest BCUT2D eigenvalue weighted by molar-refractivity contribution is 0.433. The maximum Gasteiger partial charge on any atom is -0.0116 e. The SMILES string of the molecule is C[C@H](C1CCCC1c1ccccc1P(c1ccccc1)c1ccccc1)P(C1CC2CCC1C2)C1CC2CCC1C2. The first-order chi connectivity index (χ1) is 20.2. The van der Waals surface area contributed by atoms with E-state index < -0.39 is 7.92 Å². The Labute approximate surface area is 251 Å². The van der Waals surface area contributed by atoms with Crippen molar-refractivity contribution in [3.05, 3.63) is 90.5 Å². The first-order valence-corrected chi connectivity index (χ1v) is 19.9. The van der Waals surface area contributed by atoms with Crippen LogP contribution in [0.3, 0.4) is 0 Å². The molecule has 3 aromatic carbocycles. The molecule has 0 spiro atoms. The van der Waals surface area contributed by atoms with Crippen molar-refractivity contribution < 1.29 is 0 Å². The fourth-order valence-electron chi connectivity index (χ4n) is 10.8. The molecule has 0 aliphatic heterocycles. The Bertz CT molecular complexity index is 1250. The minimum Gasteiger partial charge on any atom is -0.0965 e. The highest BCUT2D eigenvalue weighted by atomic mass is 31.1. The van der Waals surface area contributed by atoms with Crippen molar-refractivity contribution in [3.8, 4) is 0 Å². The molecule has 5 aliphatic rings. The highest BCUT2D eigenvalue weighted by molar-refractivity contribution is 7.79. The predicted molar refractivity (Wildman–Crippen MR) is 180 cm³/mol. The zero-order chi connectivity index (χ0) is 27.3. The van der Waals surface area contributed by atoms with Crippen molar-refractivity contribution in [2.45, 2.75) is 100 Å². The van der Waals surface area contributed by atoms with Crippen LogP contribution in [-0.4, -0.2) is 17.0 Å². The molecule has 0 amide bonds. The maximum absolute atomic E-state index is 2.80. The molecular weight excluding hydrogens is 530 g/mol. The van der Waals surface area contributed by atoms with Crippen LogP contribution < -0.4 is 15.9 Å². The van der Waals surface area contributed by atoms with Gasteiger partial charge in [-0.15, -0.1) is 0 Å². The van der Waals surface area contributed by atoms with Crippen LogP contribution in [0, 0.1) is 29.6 Å². The lowest BCUT2D eigenvalue weighted by Crippen LogP contribution is -2.34. The molecule has 8 unspecified atom stereocenters. The third-order valence-corrected chi connectivity index (χ3v) is 19.1. The van der Waals surface area contributed by atoms with E-state index in [0.717, 1.165) is 52.5 Å². The molecule has 41 heavy (non-hydrogen) atoms. The van der Waals surface area contributed by atoms with Crippen LogP contribution in [0.5, 0.6) is 0 Å². The second-order valence-electron chi connectivity index (χ2n) is 14.4. The summed E-state index contributed by atoms with van der Waals surface area (Å²) >= 11 is 0. The molecular formula is C39H48P2. The van der Waals surface area contributed by atoms with E-state index in [-0.39, 0.29) is 7.92 Å². The molecule has 0 heterocycles. The maximum atomic E-state index is 2.80. The summed E-state index contributed by atoms with van der Waals surface area (Å²) in [4.78, 5) is 0. The molecule has 2 heteroatoms. The van der Waals surface area contributed by atoms with Gasteiger partial charge in [-0.3, -0.25) is 0 Å². The van der Waals surface area contributed by atoms with Gasteiger partial charge in [-0.2, -0.15) is 0 Å². The fourth-order valence-corrected chi connectivity index (χ4v) is 18.4. The molecule has 5 aliphatic carbocycles. The van der Waals surface area contributed by atoms with Gasteiger partial charge in [0.25, 0.3) is 0 Å². The zero-order valence-electron chi connectivity index (χ0n) is 25.0. The van der Waals surface area contributed by atoms with E-state index in [0.29, 0.717) is 0 Å². The number of hydrogen-bond donors (Lipinski definition) is 0. The Balaban J connectivity index is 1.16. The molecule has 8 rings (SSSR count). The van der Waals surface area contributed by atoms with Gasteiger partial charge >= 0.3 is 0 Å². The average Bonchev–Trinajstić information content (AvgIpc) is 3.86. The van der Waals surface area contributed by atoms with Crippen molar-refractivity contribution in [3.63, 3.8) is 0 Å². The molecule has 4 bridgehead atoms. The minimum atomic E-state index is -0.557. The van der Waals surface area contributed by atoms with Gasteiger partial charge in [0.1, 0.15) is 0 Å². The summed E-state index contributed by atoms with van der Waals surface area (Å²) in [6, 6.07) is 32.6. The van der Waals surface area contributed by atoms with Crippen molar-refractivity contribution in [2.24, 2.45) is 29.6 Å². The van der Waals surface area contributed by atoms with Crippen molar-refractivity contribution in [1.29, 1.82) is 0 Å². The lowest BCUT2D eigenvalue weighted by atomic mass is 9.87. The van der Waals surface area contributed by atoms with Crippen LogP contribution in [0.15, 0.2) is 84.9 Å². The number of fused-ring (bicyclic) bond motifs is 4. The highest BCUT2D eigenvalue weighted by Gasteiger charge is 2.53. The third-order valence-electron chi connectivity index (χ3n) is 12.4. The quantitative estimate of drug-likeness (QED) is 0.234. The van der Waals surface area contributed by atoms with Gasteiger partial charge in [-0.05, 0) is 133 Å². The van der Waals surface area contributed by atoms with E-state index in [1.807, 2.05) is 0 Å². The molecule has 0 radical (unpaired) electrons. The first kappa shape index (κ1) is 27.1. The molecule has 5 fully saturated rings. The summed E-state index contributed by atoms with van der Waals surface area (Å²) in [5.74, 6) is 5.96. The molecule has 214 valence electrons. The van der Waals surface area contributed by atoms with E-state index in [1.54, 1.807) is 62.2 Å². The Kier molecular flexibility index (Phi) is 7.63. The molecule has 5 saturated carbocycles. The topological polar surface area (TPSA) is 0 Å². The van der Waals surface area contributed by atoms with Gasteiger partial charge < -0.3 is 0 Å². The second kappa shape index (κ2) is 11.5. The van der Waals surface area contributed by atoms with Crippen LogP contribution >= 0.6 is 15.8 Å². The van der Waals surface area contributed by atoms with Crippen molar-refractivity contribution >= 4 is 31.8 Å². The van der Waals surface area contributed by atoms with E-state index in [9.17, 15) is 0 Å². The van der Waals surface area contributed by atoms with Gasteiger partial charge in [0.2, 0.25) is 0 Å². The molecule has 0 nitrogen and oxygen atoms in total. The van der Waals surface area contributed by atoms with E-state index in [4.69, 9.17) is 0 Å².